The molecule has 0 aliphatic carbocycles. The maximum atomic E-state index is 12.6. The van der Waals surface area contributed by atoms with E-state index in [-0.39, 0.29) is 13.2 Å². The van der Waals surface area contributed by atoms with Crippen LogP contribution in [0.25, 0.3) is 10.9 Å². The van der Waals surface area contributed by atoms with Crippen LogP contribution < -0.4 is 4.74 Å². The number of methoxy groups -OCH3 is 1. The van der Waals surface area contributed by atoms with E-state index in [0.717, 1.165) is 22.0 Å². The van der Waals surface area contributed by atoms with Crippen LogP contribution in [0.4, 0.5) is 4.79 Å². The monoisotopic (exact) mass is 380 g/mol. The molecule has 1 aromatic heterocycles. The Labute approximate surface area is 161 Å². The van der Waals surface area contributed by atoms with E-state index >= 15 is 0 Å². The highest BCUT2D eigenvalue weighted by atomic mass is 16.6. The summed E-state index contributed by atoms with van der Waals surface area (Å²) in [4.78, 5) is 29.1. The van der Waals surface area contributed by atoms with Crippen LogP contribution in [0.5, 0.6) is 5.75 Å². The van der Waals surface area contributed by atoms with Crippen LogP contribution in [-0.4, -0.2) is 40.7 Å². The van der Waals surface area contributed by atoms with Gasteiger partial charge in [0.05, 0.1) is 12.8 Å². The van der Waals surface area contributed by atoms with E-state index in [1.165, 1.54) is 4.90 Å². The number of carbonyl (C=O) groups excluding carboxylic acids is 1. The van der Waals surface area contributed by atoms with Crippen molar-refractivity contribution in [1.29, 1.82) is 0 Å². The topological polar surface area (TPSA) is 91.9 Å². The van der Waals surface area contributed by atoms with E-state index in [1.54, 1.807) is 7.11 Å². The van der Waals surface area contributed by atoms with E-state index in [9.17, 15) is 14.7 Å². The first-order valence-corrected chi connectivity index (χ1v) is 8.97. The number of ether oxygens (including phenoxy) is 2. The molecule has 3 aromatic rings. The number of aromatic nitrogens is 1. The average Bonchev–Trinajstić information content (AvgIpc) is 3.09. The van der Waals surface area contributed by atoms with Gasteiger partial charge in [-0.3, -0.25) is 4.90 Å². The molecule has 0 bridgehead atoms. The molecule has 0 spiro atoms. The Balaban J connectivity index is 1.62. The van der Waals surface area contributed by atoms with E-state index in [2.05, 4.69) is 4.98 Å². The summed E-state index contributed by atoms with van der Waals surface area (Å²) in [5.41, 5.74) is 3.07. The predicted octanol–water partition coefficient (Wildman–Crippen LogP) is 3.50. The molecule has 7 nitrogen and oxygen atoms in total. The summed E-state index contributed by atoms with van der Waals surface area (Å²) < 4.78 is 10.6. The SMILES string of the molecule is COc1ccc2[nH]c3c(c2c1)CCN(C(=O)OCc1ccccc1)C3C(=O)O. The molecule has 0 fully saturated rings. The quantitative estimate of drug-likeness (QED) is 0.723. The van der Waals surface area contributed by atoms with Gasteiger partial charge in [0.15, 0.2) is 6.04 Å². The molecular weight excluding hydrogens is 360 g/mol. The van der Waals surface area contributed by atoms with Crippen LogP contribution in [0.3, 0.4) is 0 Å². The standard InChI is InChI=1S/C21H20N2O5/c1-27-14-7-8-17-16(11-14)15-9-10-23(19(20(24)25)18(15)22-17)21(26)28-12-13-5-3-2-4-6-13/h2-8,11,19,22H,9-10,12H2,1H3,(H,24,25). The summed E-state index contributed by atoms with van der Waals surface area (Å²) in [5, 5.41) is 10.7. The van der Waals surface area contributed by atoms with E-state index < -0.39 is 18.1 Å². The summed E-state index contributed by atoms with van der Waals surface area (Å²) in [6.07, 6.45) is -0.106. The minimum absolute atomic E-state index is 0.0965. The van der Waals surface area contributed by atoms with Crippen molar-refractivity contribution < 1.29 is 24.2 Å². The van der Waals surface area contributed by atoms with Crippen LogP contribution in [-0.2, 0) is 22.6 Å². The normalized spacial score (nSPS) is 15.9. The average molecular weight is 380 g/mol. The van der Waals surface area contributed by atoms with Gasteiger partial charge < -0.3 is 19.6 Å². The highest BCUT2D eigenvalue weighted by Gasteiger charge is 2.39. The highest BCUT2D eigenvalue weighted by molar-refractivity contribution is 5.90. The van der Waals surface area contributed by atoms with Crippen LogP contribution in [0, 0.1) is 0 Å². The number of nitrogens with zero attached hydrogens (tertiary/aromatic N) is 1. The zero-order valence-electron chi connectivity index (χ0n) is 15.3. The van der Waals surface area contributed by atoms with E-state index in [1.807, 2.05) is 48.5 Å². The Morgan fingerprint density at radius 3 is 2.71 bits per heavy atom. The van der Waals surface area contributed by atoms with Gasteiger partial charge in [-0.25, -0.2) is 9.59 Å². The summed E-state index contributed by atoms with van der Waals surface area (Å²) >= 11 is 0. The second kappa shape index (κ2) is 7.26. The fourth-order valence-electron chi connectivity index (χ4n) is 3.65. The van der Waals surface area contributed by atoms with Crippen LogP contribution >= 0.6 is 0 Å². The van der Waals surface area contributed by atoms with Gasteiger partial charge in [-0.05, 0) is 35.7 Å². The maximum Gasteiger partial charge on any atom is 0.411 e. The molecule has 4 rings (SSSR count). The number of aliphatic carboxylic acids is 1. The zero-order chi connectivity index (χ0) is 19.7. The third-order valence-electron chi connectivity index (χ3n) is 5.01. The second-order valence-corrected chi connectivity index (χ2v) is 6.65. The zero-order valence-corrected chi connectivity index (χ0v) is 15.3. The Hall–Kier alpha value is -3.48. The van der Waals surface area contributed by atoms with Gasteiger partial charge in [-0.1, -0.05) is 30.3 Å². The maximum absolute atomic E-state index is 12.6. The number of H-pyrrole nitrogens is 1. The molecule has 7 heteroatoms. The molecule has 1 amide bonds. The molecule has 2 heterocycles. The highest BCUT2D eigenvalue weighted by Crippen LogP contribution is 2.36. The fraction of sp³-hybridized carbons (Fsp3) is 0.238. The number of rotatable bonds is 4. The predicted molar refractivity (Wildman–Crippen MR) is 102 cm³/mol. The lowest BCUT2D eigenvalue weighted by molar-refractivity contribution is -0.143. The summed E-state index contributed by atoms with van der Waals surface area (Å²) in [6.45, 7) is 0.362. The van der Waals surface area contributed by atoms with Crippen LogP contribution in [0.1, 0.15) is 22.9 Å². The van der Waals surface area contributed by atoms with Crippen molar-refractivity contribution in [1.82, 2.24) is 9.88 Å². The number of carboxylic acid groups (broad SMARTS) is 1. The summed E-state index contributed by atoms with van der Waals surface area (Å²) in [5.74, 6) is -0.401. The summed E-state index contributed by atoms with van der Waals surface area (Å²) in [7, 11) is 1.59. The van der Waals surface area contributed by atoms with Gasteiger partial charge in [0.2, 0.25) is 0 Å². The van der Waals surface area contributed by atoms with E-state index in [0.29, 0.717) is 17.9 Å². The van der Waals surface area contributed by atoms with Gasteiger partial charge >= 0.3 is 12.1 Å². The molecule has 0 saturated heterocycles. The number of aromatic amines is 1. The van der Waals surface area contributed by atoms with Crippen molar-refractivity contribution in [3.63, 3.8) is 0 Å². The van der Waals surface area contributed by atoms with Crippen molar-refractivity contribution >= 4 is 23.0 Å². The molecule has 1 unspecified atom stereocenters. The number of benzene rings is 2. The van der Waals surface area contributed by atoms with Crippen molar-refractivity contribution in [2.24, 2.45) is 0 Å². The first-order chi connectivity index (χ1) is 13.6. The number of nitrogens with one attached hydrogen (secondary N) is 1. The van der Waals surface area contributed by atoms with Crippen LogP contribution in [0.15, 0.2) is 48.5 Å². The molecule has 2 aromatic carbocycles. The minimum Gasteiger partial charge on any atom is -0.497 e. The number of amides is 1. The lowest BCUT2D eigenvalue weighted by atomic mass is 9.97. The van der Waals surface area contributed by atoms with Gasteiger partial charge in [0, 0.05) is 17.4 Å². The van der Waals surface area contributed by atoms with Gasteiger partial charge in [-0.15, -0.1) is 0 Å². The lowest BCUT2D eigenvalue weighted by Crippen LogP contribution is -2.43. The number of hydrogen-bond acceptors (Lipinski definition) is 4. The molecule has 0 saturated carbocycles. The van der Waals surface area contributed by atoms with E-state index in [4.69, 9.17) is 9.47 Å². The van der Waals surface area contributed by atoms with Gasteiger partial charge in [-0.2, -0.15) is 0 Å². The van der Waals surface area contributed by atoms with Crippen molar-refractivity contribution in [3.8, 4) is 5.75 Å². The Morgan fingerprint density at radius 2 is 2.00 bits per heavy atom. The Morgan fingerprint density at radius 1 is 1.21 bits per heavy atom. The molecule has 1 atom stereocenters. The smallest absolute Gasteiger partial charge is 0.411 e. The molecule has 144 valence electrons. The number of hydrogen-bond donors (Lipinski definition) is 2. The Kier molecular flexibility index (Phi) is 4.65. The molecular formula is C21H20N2O5. The molecule has 1 aliphatic heterocycles. The van der Waals surface area contributed by atoms with Crippen molar-refractivity contribution in [3.05, 3.63) is 65.4 Å². The second-order valence-electron chi connectivity index (χ2n) is 6.65. The first kappa shape index (κ1) is 17.9. The van der Waals surface area contributed by atoms with Gasteiger partial charge in [0.25, 0.3) is 0 Å². The van der Waals surface area contributed by atoms with Crippen LogP contribution in [0.2, 0.25) is 0 Å². The molecule has 2 N–H and O–H groups in total. The summed E-state index contributed by atoms with van der Waals surface area (Å²) in [6, 6.07) is 13.7. The largest absolute Gasteiger partial charge is 0.497 e. The molecule has 1 aliphatic rings. The van der Waals surface area contributed by atoms with Crippen molar-refractivity contribution in [2.45, 2.75) is 19.1 Å². The number of fused-ring (bicyclic) bond motifs is 3. The number of carboxylic acids is 1. The third-order valence-corrected chi connectivity index (χ3v) is 5.01. The lowest BCUT2D eigenvalue weighted by Gasteiger charge is -2.32. The van der Waals surface area contributed by atoms with Crippen molar-refractivity contribution in [2.75, 3.05) is 13.7 Å². The molecule has 0 radical (unpaired) electrons. The van der Waals surface area contributed by atoms with Gasteiger partial charge in [0.1, 0.15) is 12.4 Å². The first-order valence-electron chi connectivity index (χ1n) is 8.97. The Bertz CT molecular complexity index is 1030. The molecule has 28 heavy (non-hydrogen) atoms. The fourth-order valence-corrected chi connectivity index (χ4v) is 3.65. The minimum atomic E-state index is -1.12. The third kappa shape index (κ3) is 3.15. The number of carbonyl (C=O) groups is 2.